The van der Waals surface area contributed by atoms with Crippen LogP contribution in [0.1, 0.15) is 12.6 Å². The van der Waals surface area contributed by atoms with Crippen LogP contribution in [0, 0.1) is 6.92 Å². The van der Waals surface area contributed by atoms with Gasteiger partial charge in [-0.1, -0.05) is 0 Å². The first kappa shape index (κ1) is 14.1. The highest BCUT2D eigenvalue weighted by Gasteiger charge is 2.09. The Morgan fingerprint density at radius 3 is 2.45 bits per heavy atom. The van der Waals surface area contributed by atoms with Gasteiger partial charge in [0.25, 0.3) is 0 Å². The van der Waals surface area contributed by atoms with Gasteiger partial charge in [0.15, 0.2) is 17.3 Å². The van der Waals surface area contributed by atoms with Crippen molar-refractivity contribution < 1.29 is 9.47 Å². The number of aryl methyl sites for hydroxylation is 1. The summed E-state index contributed by atoms with van der Waals surface area (Å²) in [6.45, 7) is 4.81. The molecule has 0 saturated carbocycles. The van der Waals surface area contributed by atoms with Crippen molar-refractivity contribution in [2.24, 2.45) is 0 Å². The van der Waals surface area contributed by atoms with Gasteiger partial charge >= 0.3 is 0 Å². The van der Waals surface area contributed by atoms with Crippen molar-refractivity contribution in [3.05, 3.63) is 30.0 Å². The molecular weight excluding hydrogens is 254 g/mol. The second kappa shape index (κ2) is 6.23. The molecule has 20 heavy (non-hydrogen) atoms. The van der Waals surface area contributed by atoms with E-state index in [2.05, 4.69) is 15.3 Å². The summed E-state index contributed by atoms with van der Waals surface area (Å²) in [4.78, 5) is 8.98. The Morgan fingerprint density at radius 2 is 1.80 bits per heavy atom. The number of hydrogen-bond donors (Lipinski definition) is 1. The lowest BCUT2D eigenvalue weighted by Crippen LogP contribution is -2.02. The minimum absolute atomic E-state index is 0.667. The lowest BCUT2D eigenvalue weighted by Gasteiger charge is -2.10. The highest BCUT2D eigenvalue weighted by molar-refractivity contribution is 5.62. The molecule has 0 bridgehead atoms. The van der Waals surface area contributed by atoms with Crippen LogP contribution in [0.25, 0.3) is 11.4 Å². The van der Waals surface area contributed by atoms with Crippen LogP contribution in [0.5, 0.6) is 11.5 Å². The summed E-state index contributed by atoms with van der Waals surface area (Å²) < 4.78 is 10.5. The average Bonchev–Trinajstić information content (AvgIpc) is 2.46. The molecular formula is C15H19N3O2. The number of nitrogens with one attached hydrogen (secondary N) is 1. The van der Waals surface area contributed by atoms with Crippen molar-refractivity contribution in [1.29, 1.82) is 0 Å². The number of benzene rings is 1. The topological polar surface area (TPSA) is 56.3 Å². The van der Waals surface area contributed by atoms with Gasteiger partial charge in [-0.25, -0.2) is 9.97 Å². The SMILES string of the molecule is CCNc1cc(C)nc(-c2ccc(OC)c(OC)c2)n1. The Hall–Kier alpha value is -2.30. The summed E-state index contributed by atoms with van der Waals surface area (Å²) in [6.07, 6.45) is 0. The number of ether oxygens (including phenoxy) is 2. The lowest BCUT2D eigenvalue weighted by molar-refractivity contribution is 0.355. The molecule has 0 fully saturated rings. The smallest absolute Gasteiger partial charge is 0.161 e. The van der Waals surface area contributed by atoms with E-state index in [1.807, 2.05) is 38.1 Å². The van der Waals surface area contributed by atoms with Crippen LogP contribution in [0.15, 0.2) is 24.3 Å². The molecule has 0 aliphatic carbocycles. The normalized spacial score (nSPS) is 10.2. The van der Waals surface area contributed by atoms with Crippen molar-refractivity contribution in [2.45, 2.75) is 13.8 Å². The summed E-state index contributed by atoms with van der Waals surface area (Å²) in [5.74, 6) is 2.85. The summed E-state index contributed by atoms with van der Waals surface area (Å²) in [5, 5.41) is 3.20. The van der Waals surface area contributed by atoms with Gasteiger partial charge in [0.1, 0.15) is 5.82 Å². The number of nitrogens with zero attached hydrogens (tertiary/aromatic N) is 2. The van der Waals surface area contributed by atoms with Gasteiger partial charge in [-0.2, -0.15) is 0 Å². The molecule has 1 aromatic carbocycles. The molecule has 1 aromatic heterocycles. The van der Waals surface area contributed by atoms with Crippen LogP contribution < -0.4 is 14.8 Å². The molecule has 106 valence electrons. The molecule has 0 unspecified atom stereocenters. The summed E-state index contributed by atoms with van der Waals surface area (Å²) >= 11 is 0. The number of aromatic nitrogens is 2. The minimum atomic E-state index is 0.667. The number of hydrogen-bond acceptors (Lipinski definition) is 5. The zero-order valence-corrected chi connectivity index (χ0v) is 12.2. The zero-order valence-electron chi connectivity index (χ0n) is 12.2. The molecule has 0 radical (unpaired) electrons. The van der Waals surface area contributed by atoms with Crippen LogP contribution in [0.3, 0.4) is 0 Å². The van der Waals surface area contributed by atoms with Gasteiger partial charge in [0.2, 0.25) is 0 Å². The Balaban J connectivity index is 2.45. The standard InChI is InChI=1S/C15H19N3O2/c1-5-16-14-8-10(2)17-15(18-14)11-6-7-12(19-3)13(9-11)20-4/h6-9H,5H2,1-4H3,(H,16,17,18). The fraction of sp³-hybridized carbons (Fsp3) is 0.333. The molecule has 5 nitrogen and oxygen atoms in total. The van der Waals surface area contributed by atoms with Crippen molar-refractivity contribution in [2.75, 3.05) is 26.1 Å². The zero-order chi connectivity index (χ0) is 14.5. The minimum Gasteiger partial charge on any atom is -0.493 e. The number of anilines is 1. The van der Waals surface area contributed by atoms with E-state index < -0.39 is 0 Å². The van der Waals surface area contributed by atoms with Crippen LogP contribution in [-0.2, 0) is 0 Å². The fourth-order valence-electron chi connectivity index (χ4n) is 1.94. The van der Waals surface area contributed by atoms with E-state index >= 15 is 0 Å². The molecule has 0 amide bonds. The highest BCUT2D eigenvalue weighted by atomic mass is 16.5. The van der Waals surface area contributed by atoms with E-state index in [4.69, 9.17) is 9.47 Å². The largest absolute Gasteiger partial charge is 0.493 e. The Kier molecular flexibility index (Phi) is 4.40. The maximum atomic E-state index is 5.31. The Morgan fingerprint density at radius 1 is 1.05 bits per heavy atom. The van der Waals surface area contributed by atoms with Crippen molar-refractivity contribution >= 4 is 5.82 Å². The first-order valence-corrected chi connectivity index (χ1v) is 6.50. The molecule has 0 aliphatic heterocycles. The summed E-state index contributed by atoms with van der Waals surface area (Å²) in [5.41, 5.74) is 1.81. The van der Waals surface area contributed by atoms with E-state index in [1.165, 1.54) is 0 Å². The van der Waals surface area contributed by atoms with E-state index in [0.29, 0.717) is 17.3 Å². The quantitative estimate of drug-likeness (QED) is 0.907. The predicted octanol–water partition coefficient (Wildman–Crippen LogP) is 2.90. The van der Waals surface area contributed by atoms with Crippen molar-refractivity contribution in [3.8, 4) is 22.9 Å². The number of methoxy groups -OCH3 is 2. The van der Waals surface area contributed by atoms with Crippen LogP contribution in [0.4, 0.5) is 5.82 Å². The van der Waals surface area contributed by atoms with Gasteiger partial charge in [-0.05, 0) is 32.0 Å². The van der Waals surface area contributed by atoms with Crippen molar-refractivity contribution in [1.82, 2.24) is 9.97 Å². The molecule has 0 saturated heterocycles. The lowest BCUT2D eigenvalue weighted by atomic mass is 10.2. The summed E-state index contributed by atoms with van der Waals surface area (Å²) in [6, 6.07) is 7.58. The van der Waals surface area contributed by atoms with E-state index in [0.717, 1.165) is 23.6 Å². The molecule has 1 N–H and O–H groups in total. The molecule has 0 atom stereocenters. The predicted molar refractivity (Wildman–Crippen MR) is 79.5 cm³/mol. The second-order valence-electron chi connectivity index (χ2n) is 4.32. The molecule has 5 heteroatoms. The van der Waals surface area contributed by atoms with Crippen LogP contribution in [-0.4, -0.2) is 30.7 Å². The van der Waals surface area contributed by atoms with Gasteiger partial charge < -0.3 is 14.8 Å². The highest BCUT2D eigenvalue weighted by Crippen LogP contribution is 2.31. The fourth-order valence-corrected chi connectivity index (χ4v) is 1.94. The maximum absolute atomic E-state index is 5.31. The maximum Gasteiger partial charge on any atom is 0.161 e. The number of rotatable bonds is 5. The monoisotopic (exact) mass is 273 g/mol. The van der Waals surface area contributed by atoms with Gasteiger partial charge in [0, 0.05) is 23.9 Å². The third kappa shape index (κ3) is 2.99. The summed E-state index contributed by atoms with van der Waals surface area (Å²) in [7, 11) is 3.23. The second-order valence-corrected chi connectivity index (χ2v) is 4.32. The molecule has 2 rings (SSSR count). The molecule has 1 heterocycles. The Bertz CT molecular complexity index is 600. The van der Waals surface area contributed by atoms with E-state index in [1.54, 1.807) is 14.2 Å². The van der Waals surface area contributed by atoms with Gasteiger partial charge in [-0.3, -0.25) is 0 Å². The van der Waals surface area contributed by atoms with E-state index in [-0.39, 0.29) is 0 Å². The van der Waals surface area contributed by atoms with Gasteiger partial charge in [-0.15, -0.1) is 0 Å². The molecule has 0 spiro atoms. The average molecular weight is 273 g/mol. The molecule has 2 aromatic rings. The third-order valence-electron chi connectivity index (χ3n) is 2.85. The first-order chi connectivity index (χ1) is 9.67. The third-order valence-corrected chi connectivity index (χ3v) is 2.85. The first-order valence-electron chi connectivity index (χ1n) is 6.50. The Labute approximate surface area is 119 Å². The van der Waals surface area contributed by atoms with Crippen molar-refractivity contribution in [3.63, 3.8) is 0 Å². The molecule has 0 aliphatic rings. The van der Waals surface area contributed by atoms with Crippen LogP contribution in [0.2, 0.25) is 0 Å². The van der Waals surface area contributed by atoms with Gasteiger partial charge in [0.05, 0.1) is 14.2 Å². The van der Waals surface area contributed by atoms with Crippen LogP contribution >= 0.6 is 0 Å². The van der Waals surface area contributed by atoms with E-state index in [9.17, 15) is 0 Å².